The van der Waals surface area contributed by atoms with Gasteiger partial charge in [-0.25, -0.2) is 16.8 Å². The second-order valence-corrected chi connectivity index (χ2v) is 6.71. The van der Waals surface area contributed by atoms with Gasteiger partial charge in [-0.05, 0) is 5.01 Å². The molecule has 0 amide bonds. The first-order valence-corrected chi connectivity index (χ1v) is 6.72. The molecule has 1 spiro atoms. The summed E-state index contributed by atoms with van der Waals surface area (Å²) in [6.07, 6.45) is 0. The molecule has 2 fully saturated rings. The standard InChI is InChI=1S/CH4B4O6S2/c6-12(7)4-1(2-10-12)3-11-13(8,9)5-1/h2-5H. The van der Waals surface area contributed by atoms with Crippen molar-refractivity contribution in [3.8, 4) is 0 Å². The van der Waals surface area contributed by atoms with Crippen LogP contribution in [0.25, 0.3) is 0 Å². The first-order valence-electron chi connectivity index (χ1n) is 3.57. The maximum atomic E-state index is 10.9. The Kier molecular flexibility index (Phi) is 1.89. The highest BCUT2D eigenvalue weighted by Gasteiger charge is 2.56. The molecule has 2 rings (SSSR count). The smallest absolute Gasteiger partial charge is 0.297 e. The molecular weight excluding hydrogens is 215 g/mol. The van der Waals surface area contributed by atoms with Crippen LogP contribution in [0.4, 0.5) is 0 Å². The highest BCUT2D eigenvalue weighted by Crippen LogP contribution is 2.35. The van der Waals surface area contributed by atoms with Crippen LogP contribution in [-0.2, 0) is 28.1 Å². The fourth-order valence-electron chi connectivity index (χ4n) is 1.51. The average molecular weight is 219 g/mol. The maximum absolute atomic E-state index is 10.9. The van der Waals surface area contributed by atoms with Crippen LogP contribution in [0.2, 0.25) is 5.01 Å². The zero-order valence-electron chi connectivity index (χ0n) is 6.59. The molecule has 0 aliphatic carbocycles. The molecule has 0 aromatic rings. The van der Waals surface area contributed by atoms with Crippen LogP contribution in [0.3, 0.4) is 0 Å². The summed E-state index contributed by atoms with van der Waals surface area (Å²) in [5, 5.41) is -0.863. The Hall–Kier alpha value is 0.0797. The lowest BCUT2D eigenvalue weighted by Crippen LogP contribution is -2.31. The number of rotatable bonds is 0. The van der Waals surface area contributed by atoms with E-state index >= 15 is 0 Å². The summed E-state index contributed by atoms with van der Waals surface area (Å²) in [4.78, 5) is 0. The Morgan fingerprint density at radius 1 is 0.846 bits per heavy atom. The highest BCUT2D eigenvalue weighted by molar-refractivity contribution is 8.18. The van der Waals surface area contributed by atoms with Crippen LogP contribution >= 0.6 is 0 Å². The lowest BCUT2D eigenvalue weighted by Gasteiger charge is -2.05. The topological polar surface area (TPSA) is 86.7 Å². The van der Waals surface area contributed by atoms with Crippen molar-refractivity contribution >= 4 is 48.0 Å². The largest absolute Gasteiger partial charge is 0.349 e. The van der Waals surface area contributed by atoms with Gasteiger partial charge in [-0.15, -0.1) is 0 Å². The molecule has 0 radical (unpaired) electrons. The van der Waals surface area contributed by atoms with E-state index in [9.17, 15) is 16.8 Å². The summed E-state index contributed by atoms with van der Waals surface area (Å²) in [5.74, 6) is 0. The lowest BCUT2D eigenvalue weighted by molar-refractivity contribution is 0.521. The molecule has 12 heteroatoms. The monoisotopic (exact) mass is 220 g/mol. The summed E-state index contributed by atoms with van der Waals surface area (Å²) in [6.45, 7) is -0.529. The SMILES string of the molecule is O=S1(=O)BC2(BO1)BOS(=O)(=O)B2. The molecule has 68 valence electrons. The van der Waals surface area contributed by atoms with Gasteiger partial charge in [0.1, 0.15) is 0 Å². The van der Waals surface area contributed by atoms with Gasteiger partial charge in [0.25, 0.3) is 28.1 Å². The molecule has 0 bridgehead atoms. The zero-order chi connectivity index (χ0) is 9.74. The van der Waals surface area contributed by atoms with Gasteiger partial charge >= 0.3 is 0 Å². The van der Waals surface area contributed by atoms with Crippen LogP contribution in [0.1, 0.15) is 0 Å². The van der Waals surface area contributed by atoms with E-state index in [0.29, 0.717) is 0 Å². The van der Waals surface area contributed by atoms with Crippen molar-refractivity contribution in [3.05, 3.63) is 0 Å². The zero-order valence-corrected chi connectivity index (χ0v) is 8.23. The fraction of sp³-hybridized carbons (Fsp3) is 1.00. The Bertz CT molecular complexity index is 380. The van der Waals surface area contributed by atoms with E-state index in [2.05, 4.69) is 8.20 Å². The van der Waals surface area contributed by atoms with Gasteiger partial charge < -0.3 is 8.20 Å². The van der Waals surface area contributed by atoms with Gasteiger partial charge in [-0.1, -0.05) is 0 Å². The third-order valence-electron chi connectivity index (χ3n) is 2.06. The van der Waals surface area contributed by atoms with Gasteiger partial charge in [-0.3, -0.25) is 0 Å². The van der Waals surface area contributed by atoms with E-state index in [1.165, 1.54) is 0 Å². The second kappa shape index (κ2) is 2.56. The molecule has 0 unspecified atom stereocenters. The minimum Gasteiger partial charge on any atom is -0.349 e. The molecule has 2 saturated heterocycles. The van der Waals surface area contributed by atoms with E-state index in [1.807, 2.05) is 0 Å². The third-order valence-corrected chi connectivity index (χ3v) is 4.94. The van der Waals surface area contributed by atoms with Crippen molar-refractivity contribution in [1.82, 2.24) is 0 Å². The van der Waals surface area contributed by atoms with Crippen LogP contribution in [0.15, 0.2) is 0 Å². The predicted molar refractivity (Wildman–Crippen MR) is 51.3 cm³/mol. The van der Waals surface area contributed by atoms with Gasteiger partial charge in [0.15, 0.2) is 19.9 Å². The lowest BCUT2D eigenvalue weighted by atomic mass is 9.27. The Morgan fingerprint density at radius 3 is 1.46 bits per heavy atom. The van der Waals surface area contributed by atoms with Crippen molar-refractivity contribution in [3.63, 3.8) is 0 Å². The van der Waals surface area contributed by atoms with E-state index in [4.69, 9.17) is 0 Å². The predicted octanol–water partition coefficient (Wildman–Crippen LogP) is -3.86. The molecule has 2 aliphatic heterocycles. The summed E-state index contributed by atoms with van der Waals surface area (Å²) < 4.78 is 52.7. The van der Waals surface area contributed by atoms with Crippen LogP contribution in [0.5, 0.6) is 0 Å². The normalized spacial score (nSPS) is 31.4. The van der Waals surface area contributed by atoms with E-state index in [0.717, 1.165) is 0 Å². The Labute approximate surface area is 78.4 Å². The summed E-state index contributed by atoms with van der Waals surface area (Å²) >= 11 is 0. The van der Waals surface area contributed by atoms with Crippen molar-refractivity contribution in [2.75, 3.05) is 0 Å². The average Bonchev–Trinajstić information content (AvgIpc) is 2.37. The summed E-state index contributed by atoms with van der Waals surface area (Å²) in [5.41, 5.74) is 0. The first kappa shape index (κ1) is 9.63. The molecule has 0 aromatic heterocycles. The molecule has 2 aliphatic rings. The molecular formula is CH4B4O6S2. The minimum atomic E-state index is -3.53. The van der Waals surface area contributed by atoms with Gasteiger partial charge in [0, 0.05) is 0 Å². The van der Waals surface area contributed by atoms with E-state index in [-0.39, 0.29) is 28.1 Å². The molecule has 0 N–H and O–H groups in total. The van der Waals surface area contributed by atoms with Crippen molar-refractivity contribution in [1.29, 1.82) is 0 Å². The highest BCUT2D eigenvalue weighted by atomic mass is 32.2. The van der Waals surface area contributed by atoms with Gasteiger partial charge in [0.05, 0.1) is 0 Å². The maximum Gasteiger partial charge on any atom is 0.297 e. The molecule has 13 heavy (non-hydrogen) atoms. The summed E-state index contributed by atoms with van der Waals surface area (Å²) in [6, 6.07) is 0. The van der Waals surface area contributed by atoms with Crippen LogP contribution < -0.4 is 0 Å². The number of hydrogen-bond acceptors (Lipinski definition) is 6. The summed E-state index contributed by atoms with van der Waals surface area (Å²) in [7, 11) is -7.24. The van der Waals surface area contributed by atoms with E-state index in [1.54, 1.807) is 0 Å². The first-order chi connectivity index (χ1) is 5.83. The van der Waals surface area contributed by atoms with E-state index < -0.39 is 25.0 Å². The van der Waals surface area contributed by atoms with Gasteiger partial charge in [-0.2, -0.15) is 0 Å². The molecule has 2 heterocycles. The van der Waals surface area contributed by atoms with Crippen molar-refractivity contribution in [2.24, 2.45) is 0 Å². The van der Waals surface area contributed by atoms with Crippen molar-refractivity contribution in [2.45, 2.75) is 5.01 Å². The third kappa shape index (κ3) is 1.80. The molecule has 6 nitrogen and oxygen atoms in total. The van der Waals surface area contributed by atoms with Crippen LogP contribution in [0, 0.1) is 0 Å². The van der Waals surface area contributed by atoms with Crippen molar-refractivity contribution < 1.29 is 25.0 Å². The number of hydrogen-bond donors (Lipinski definition) is 0. The fourth-order valence-corrected chi connectivity index (χ4v) is 4.71. The molecule has 0 saturated carbocycles. The minimum absolute atomic E-state index is 0.0887. The van der Waals surface area contributed by atoms with Crippen LogP contribution in [-0.4, -0.2) is 44.9 Å². The Balaban J connectivity index is 2.29. The molecule has 0 atom stereocenters. The van der Waals surface area contributed by atoms with Gasteiger partial charge in [0.2, 0.25) is 0 Å². The molecule has 0 aromatic carbocycles. The quantitative estimate of drug-likeness (QED) is 0.388. The second-order valence-electron chi connectivity index (χ2n) is 3.43. The Morgan fingerprint density at radius 2 is 1.23 bits per heavy atom.